The summed E-state index contributed by atoms with van der Waals surface area (Å²) in [4.78, 5) is 7.18. The normalized spacial score (nSPS) is 10.7. The van der Waals surface area contributed by atoms with Gasteiger partial charge in [0.2, 0.25) is 0 Å². The van der Waals surface area contributed by atoms with Crippen molar-refractivity contribution in [3.63, 3.8) is 0 Å². The summed E-state index contributed by atoms with van der Waals surface area (Å²) in [6.45, 7) is 0.606. The Morgan fingerprint density at radius 1 is 1.64 bits per heavy atom. The van der Waals surface area contributed by atoms with Gasteiger partial charge in [-0.05, 0) is 29.0 Å². The van der Waals surface area contributed by atoms with Crippen molar-refractivity contribution in [2.75, 3.05) is 7.05 Å². The van der Waals surface area contributed by atoms with Gasteiger partial charge in [0, 0.05) is 6.20 Å². The molecule has 6 heteroatoms. The summed E-state index contributed by atoms with van der Waals surface area (Å²) in [6, 6.07) is 1.89. The van der Waals surface area contributed by atoms with Crippen molar-refractivity contribution < 1.29 is 4.52 Å². The van der Waals surface area contributed by atoms with Crippen LogP contribution in [0.2, 0.25) is 0 Å². The monoisotopic (exact) mass is 256 g/mol. The van der Waals surface area contributed by atoms with Crippen molar-refractivity contribution in [2.24, 2.45) is 0 Å². The highest BCUT2D eigenvalue weighted by Gasteiger charge is 2.09. The van der Waals surface area contributed by atoms with E-state index in [1.807, 2.05) is 13.1 Å². The first kappa shape index (κ1) is 9.42. The lowest BCUT2D eigenvalue weighted by Gasteiger charge is -1.86. The molecular formula is C8H9BrN4O. The van der Waals surface area contributed by atoms with Crippen LogP contribution in [-0.4, -0.2) is 22.2 Å². The lowest BCUT2D eigenvalue weighted by atomic mass is 10.3. The van der Waals surface area contributed by atoms with E-state index < -0.39 is 0 Å². The van der Waals surface area contributed by atoms with E-state index in [4.69, 9.17) is 4.52 Å². The molecule has 0 aliphatic rings. The first-order valence-corrected chi connectivity index (χ1v) is 4.90. The average Bonchev–Trinajstić information content (AvgIpc) is 2.74. The number of halogens is 1. The fraction of sp³-hybridized carbons (Fsp3) is 0.250. The summed E-state index contributed by atoms with van der Waals surface area (Å²) in [5.41, 5.74) is 0.881. The van der Waals surface area contributed by atoms with Crippen LogP contribution in [0.1, 0.15) is 5.82 Å². The van der Waals surface area contributed by atoms with Gasteiger partial charge < -0.3 is 14.8 Å². The molecule has 0 fully saturated rings. The Kier molecular flexibility index (Phi) is 2.64. The number of hydrogen-bond donors (Lipinski definition) is 2. The quantitative estimate of drug-likeness (QED) is 0.875. The van der Waals surface area contributed by atoms with Crippen molar-refractivity contribution in [3.8, 4) is 11.5 Å². The van der Waals surface area contributed by atoms with E-state index in [9.17, 15) is 0 Å². The van der Waals surface area contributed by atoms with Crippen molar-refractivity contribution in [1.82, 2.24) is 20.4 Å². The number of nitrogens with zero attached hydrogens (tertiary/aromatic N) is 2. The predicted molar refractivity (Wildman–Crippen MR) is 54.5 cm³/mol. The van der Waals surface area contributed by atoms with Crippen molar-refractivity contribution in [1.29, 1.82) is 0 Å². The minimum absolute atomic E-state index is 0.525. The number of aromatic amines is 1. The molecule has 0 unspecified atom stereocenters. The Balaban J connectivity index is 2.24. The maximum absolute atomic E-state index is 5.07. The molecule has 0 saturated carbocycles. The van der Waals surface area contributed by atoms with Gasteiger partial charge in [-0.3, -0.25) is 0 Å². The highest BCUT2D eigenvalue weighted by Crippen LogP contribution is 2.20. The zero-order valence-electron chi connectivity index (χ0n) is 7.54. The zero-order chi connectivity index (χ0) is 9.97. The molecule has 0 amide bonds. The average molecular weight is 257 g/mol. The van der Waals surface area contributed by atoms with Crippen molar-refractivity contribution in [3.05, 3.63) is 22.7 Å². The van der Waals surface area contributed by atoms with E-state index in [1.165, 1.54) is 0 Å². The van der Waals surface area contributed by atoms with Gasteiger partial charge in [0.05, 0.1) is 16.7 Å². The fourth-order valence-electron chi connectivity index (χ4n) is 1.09. The topological polar surface area (TPSA) is 66.7 Å². The molecule has 2 rings (SSSR count). The van der Waals surface area contributed by atoms with E-state index in [-0.39, 0.29) is 0 Å². The van der Waals surface area contributed by atoms with Crippen LogP contribution in [0.4, 0.5) is 0 Å². The molecule has 0 aliphatic carbocycles. The van der Waals surface area contributed by atoms with Crippen LogP contribution in [0.15, 0.2) is 21.4 Å². The summed E-state index contributed by atoms with van der Waals surface area (Å²) >= 11 is 3.31. The highest BCUT2D eigenvalue weighted by molar-refractivity contribution is 9.10. The highest BCUT2D eigenvalue weighted by atomic mass is 79.9. The van der Waals surface area contributed by atoms with Gasteiger partial charge in [-0.2, -0.15) is 4.98 Å². The minimum atomic E-state index is 0.525. The van der Waals surface area contributed by atoms with Crippen LogP contribution in [0.3, 0.4) is 0 Å². The van der Waals surface area contributed by atoms with Crippen LogP contribution in [-0.2, 0) is 6.54 Å². The Bertz CT molecular complexity index is 422. The molecule has 2 heterocycles. The van der Waals surface area contributed by atoms with Gasteiger partial charge in [-0.15, -0.1) is 0 Å². The number of rotatable bonds is 3. The van der Waals surface area contributed by atoms with Crippen molar-refractivity contribution in [2.45, 2.75) is 6.54 Å². The third-order valence-electron chi connectivity index (χ3n) is 1.70. The Morgan fingerprint density at radius 3 is 3.14 bits per heavy atom. The molecule has 2 N–H and O–H groups in total. The predicted octanol–water partition coefficient (Wildman–Crippen LogP) is 1.55. The molecule has 2 aromatic heterocycles. The smallest absolute Gasteiger partial charge is 0.259 e. The Labute approximate surface area is 89.0 Å². The summed E-state index contributed by atoms with van der Waals surface area (Å²) in [5.74, 6) is 1.18. The number of hydrogen-bond acceptors (Lipinski definition) is 4. The molecule has 0 aromatic carbocycles. The van der Waals surface area contributed by atoms with Gasteiger partial charge in [0.1, 0.15) is 0 Å². The second-order valence-electron chi connectivity index (χ2n) is 2.78. The van der Waals surface area contributed by atoms with E-state index in [2.05, 4.69) is 36.4 Å². The lowest BCUT2D eigenvalue weighted by molar-refractivity contribution is 0.421. The molecular weight excluding hydrogens is 248 g/mol. The van der Waals surface area contributed by atoms with E-state index in [0.29, 0.717) is 18.3 Å². The van der Waals surface area contributed by atoms with E-state index >= 15 is 0 Å². The molecule has 0 bridgehead atoms. The third-order valence-corrected chi connectivity index (χ3v) is 2.16. The molecule has 0 saturated heterocycles. The van der Waals surface area contributed by atoms with E-state index in [1.54, 1.807) is 6.20 Å². The van der Waals surface area contributed by atoms with Crippen LogP contribution in [0.25, 0.3) is 11.5 Å². The number of nitrogens with one attached hydrogen (secondary N) is 2. The molecule has 14 heavy (non-hydrogen) atoms. The summed E-state index contributed by atoms with van der Waals surface area (Å²) in [6.07, 6.45) is 1.81. The molecule has 0 spiro atoms. The Morgan fingerprint density at radius 2 is 2.50 bits per heavy atom. The largest absolute Gasteiger partial charge is 0.355 e. The summed E-state index contributed by atoms with van der Waals surface area (Å²) < 4.78 is 5.96. The molecule has 2 aromatic rings. The SMILES string of the molecule is CNCc1noc(-c2c[nH]c(Br)c2)n1. The van der Waals surface area contributed by atoms with Crippen LogP contribution in [0.5, 0.6) is 0 Å². The fourth-order valence-corrected chi connectivity index (χ4v) is 1.45. The lowest BCUT2D eigenvalue weighted by Crippen LogP contribution is -2.06. The van der Waals surface area contributed by atoms with Gasteiger partial charge >= 0.3 is 0 Å². The van der Waals surface area contributed by atoms with E-state index in [0.717, 1.165) is 10.2 Å². The van der Waals surface area contributed by atoms with Gasteiger partial charge in [0.25, 0.3) is 5.89 Å². The zero-order valence-corrected chi connectivity index (χ0v) is 9.13. The standard InChI is InChI=1S/C8H9BrN4O/c1-10-4-7-12-8(14-13-7)5-2-6(9)11-3-5/h2-3,10-11H,4H2,1H3. The second kappa shape index (κ2) is 3.93. The first-order chi connectivity index (χ1) is 6.79. The molecule has 0 aliphatic heterocycles. The van der Waals surface area contributed by atoms with Crippen LogP contribution in [0, 0.1) is 0 Å². The molecule has 0 radical (unpaired) electrons. The summed E-state index contributed by atoms with van der Waals surface area (Å²) in [7, 11) is 1.84. The molecule has 5 nitrogen and oxygen atoms in total. The Hall–Kier alpha value is -1.14. The van der Waals surface area contributed by atoms with Crippen LogP contribution < -0.4 is 5.32 Å². The summed E-state index contributed by atoms with van der Waals surface area (Å²) in [5, 5.41) is 6.77. The number of aromatic nitrogens is 3. The third kappa shape index (κ3) is 1.85. The minimum Gasteiger partial charge on any atom is -0.355 e. The first-order valence-electron chi connectivity index (χ1n) is 4.11. The van der Waals surface area contributed by atoms with Crippen molar-refractivity contribution >= 4 is 15.9 Å². The van der Waals surface area contributed by atoms with Gasteiger partial charge in [-0.1, -0.05) is 5.16 Å². The van der Waals surface area contributed by atoms with Crippen LogP contribution >= 0.6 is 15.9 Å². The second-order valence-corrected chi connectivity index (χ2v) is 3.64. The number of H-pyrrole nitrogens is 1. The maximum atomic E-state index is 5.07. The maximum Gasteiger partial charge on any atom is 0.259 e. The molecule has 0 atom stereocenters. The van der Waals surface area contributed by atoms with Gasteiger partial charge in [-0.25, -0.2) is 0 Å². The van der Waals surface area contributed by atoms with Gasteiger partial charge in [0.15, 0.2) is 5.82 Å². The molecule has 74 valence electrons.